The van der Waals surface area contributed by atoms with E-state index in [2.05, 4.69) is 5.10 Å². The van der Waals surface area contributed by atoms with Crippen LogP contribution < -0.4 is 0 Å². The van der Waals surface area contributed by atoms with E-state index in [9.17, 15) is 18.0 Å². The molecule has 2 aromatic rings. The van der Waals surface area contributed by atoms with Crippen LogP contribution in [0, 0.1) is 6.92 Å². The smallest absolute Gasteiger partial charge is 0.435 e. The van der Waals surface area contributed by atoms with E-state index in [1.165, 1.54) is 14.1 Å². The molecule has 5 nitrogen and oxygen atoms in total. The molecule has 114 valence electrons. The Kier molecular flexibility index (Phi) is 3.80. The Bertz CT molecular complexity index is 658. The highest BCUT2D eigenvalue weighted by molar-refractivity contribution is 5.95. The van der Waals surface area contributed by atoms with Gasteiger partial charge in [-0.05, 0) is 19.1 Å². The summed E-state index contributed by atoms with van der Waals surface area (Å²) in [4.78, 5) is 13.3. The zero-order chi connectivity index (χ0) is 15.8. The molecule has 0 aliphatic heterocycles. The highest BCUT2D eigenvalue weighted by Crippen LogP contribution is 2.31. The van der Waals surface area contributed by atoms with Gasteiger partial charge in [-0.15, -0.1) is 0 Å². The summed E-state index contributed by atoms with van der Waals surface area (Å²) < 4.78 is 44.8. The zero-order valence-corrected chi connectivity index (χ0v) is 11.7. The zero-order valence-electron chi connectivity index (χ0n) is 11.7. The van der Waals surface area contributed by atoms with Crippen LogP contribution >= 0.6 is 0 Å². The first-order chi connectivity index (χ1) is 9.68. The Morgan fingerprint density at radius 1 is 1.43 bits per heavy atom. The monoisotopic (exact) mass is 301 g/mol. The molecule has 0 bridgehead atoms. The van der Waals surface area contributed by atoms with Gasteiger partial charge in [0.1, 0.15) is 11.5 Å². The number of aromatic nitrogens is 2. The van der Waals surface area contributed by atoms with Gasteiger partial charge < -0.3 is 9.32 Å². The molecule has 0 radical (unpaired) electrons. The van der Waals surface area contributed by atoms with Crippen molar-refractivity contribution in [3.05, 3.63) is 41.1 Å². The third-order valence-corrected chi connectivity index (χ3v) is 2.86. The van der Waals surface area contributed by atoms with Gasteiger partial charge in [-0.2, -0.15) is 18.3 Å². The molecule has 0 fully saturated rings. The second-order valence-electron chi connectivity index (χ2n) is 4.74. The van der Waals surface area contributed by atoms with E-state index in [0.29, 0.717) is 11.5 Å². The first-order valence-electron chi connectivity index (χ1n) is 6.10. The molecule has 8 heteroatoms. The van der Waals surface area contributed by atoms with Crippen LogP contribution in [0.25, 0.3) is 0 Å². The summed E-state index contributed by atoms with van der Waals surface area (Å²) in [5.41, 5.74) is -1.66. The lowest BCUT2D eigenvalue weighted by molar-refractivity contribution is -0.141. The van der Waals surface area contributed by atoms with Gasteiger partial charge in [0.05, 0.1) is 12.1 Å². The molecule has 0 aliphatic rings. The van der Waals surface area contributed by atoms with E-state index in [1.807, 2.05) is 0 Å². The number of rotatable bonds is 3. The molecule has 2 heterocycles. The van der Waals surface area contributed by atoms with Crippen molar-refractivity contribution in [1.29, 1.82) is 0 Å². The van der Waals surface area contributed by atoms with Crippen LogP contribution in [0.3, 0.4) is 0 Å². The maximum atomic E-state index is 12.9. The SMILES string of the molecule is Cc1ccc(CN(C)C(=O)c2cn(C)nc2C(F)(F)F)o1. The molecule has 21 heavy (non-hydrogen) atoms. The molecule has 0 unspecified atom stereocenters. The van der Waals surface area contributed by atoms with Gasteiger partial charge in [0.2, 0.25) is 0 Å². The number of alkyl halides is 3. The molecule has 0 aromatic carbocycles. The van der Waals surface area contributed by atoms with E-state index in [4.69, 9.17) is 4.42 Å². The second kappa shape index (κ2) is 5.27. The molecular weight excluding hydrogens is 287 g/mol. The topological polar surface area (TPSA) is 51.3 Å². The first kappa shape index (κ1) is 15.1. The van der Waals surface area contributed by atoms with Crippen LogP contribution in [0.15, 0.2) is 22.7 Å². The van der Waals surface area contributed by atoms with E-state index >= 15 is 0 Å². The first-order valence-corrected chi connectivity index (χ1v) is 6.10. The number of furan rings is 1. The molecule has 1 amide bonds. The number of hydrogen-bond donors (Lipinski definition) is 0. The predicted molar refractivity (Wildman–Crippen MR) is 67.5 cm³/mol. The average molecular weight is 301 g/mol. The average Bonchev–Trinajstić information content (AvgIpc) is 2.94. The largest absolute Gasteiger partial charge is 0.464 e. The minimum Gasteiger partial charge on any atom is -0.464 e. The minimum atomic E-state index is -4.67. The lowest BCUT2D eigenvalue weighted by Gasteiger charge is -2.16. The summed E-state index contributed by atoms with van der Waals surface area (Å²) >= 11 is 0. The molecule has 2 aromatic heterocycles. The number of carbonyl (C=O) groups excluding carboxylic acids is 1. The minimum absolute atomic E-state index is 0.0822. The van der Waals surface area contributed by atoms with Crippen molar-refractivity contribution in [2.75, 3.05) is 7.05 Å². The second-order valence-corrected chi connectivity index (χ2v) is 4.74. The standard InChI is InChI=1S/C13H14F3N3O2/c1-8-4-5-9(21-8)6-18(2)12(20)10-7-19(3)17-11(10)13(14,15)16/h4-5,7H,6H2,1-3H3. The summed E-state index contributed by atoms with van der Waals surface area (Å²) in [6, 6.07) is 3.39. The lowest BCUT2D eigenvalue weighted by Crippen LogP contribution is -2.27. The van der Waals surface area contributed by atoms with Crippen LogP contribution in [0.4, 0.5) is 13.2 Å². The Morgan fingerprint density at radius 2 is 2.10 bits per heavy atom. The Balaban J connectivity index is 2.23. The molecule has 2 rings (SSSR count). The van der Waals surface area contributed by atoms with Crippen molar-refractivity contribution in [2.45, 2.75) is 19.6 Å². The molecular formula is C13H14F3N3O2. The third kappa shape index (κ3) is 3.26. The number of nitrogens with zero attached hydrogens (tertiary/aromatic N) is 3. The van der Waals surface area contributed by atoms with Gasteiger partial charge in [-0.25, -0.2) is 0 Å². The van der Waals surface area contributed by atoms with Gasteiger partial charge in [0, 0.05) is 20.3 Å². The highest BCUT2D eigenvalue weighted by atomic mass is 19.4. The summed E-state index contributed by atoms with van der Waals surface area (Å²) in [5.74, 6) is 0.411. The van der Waals surface area contributed by atoms with E-state index in [-0.39, 0.29) is 6.54 Å². The van der Waals surface area contributed by atoms with Crippen molar-refractivity contribution < 1.29 is 22.4 Å². The van der Waals surface area contributed by atoms with Gasteiger partial charge >= 0.3 is 6.18 Å². The maximum Gasteiger partial charge on any atom is 0.435 e. The number of amides is 1. The Hall–Kier alpha value is -2.25. The summed E-state index contributed by atoms with van der Waals surface area (Å²) in [5, 5.41) is 3.32. The fraction of sp³-hybridized carbons (Fsp3) is 0.385. The lowest BCUT2D eigenvalue weighted by atomic mass is 10.2. The predicted octanol–water partition coefficient (Wildman–Crippen LogP) is 2.61. The quantitative estimate of drug-likeness (QED) is 0.875. The molecule has 0 saturated heterocycles. The van der Waals surface area contributed by atoms with Crippen molar-refractivity contribution in [3.8, 4) is 0 Å². The van der Waals surface area contributed by atoms with E-state index in [0.717, 1.165) is 15.8 Å². The number of halogens is 3. The molecule has 0 N–H and O–H groups in total. The molecule has 0 aliphatic carbocycles. The molecule has 0 spiro atoms. The van der Waals surface area contributed by atoms with Crippen molar-refractivity contribution in [1.82, 2.24) is 14.7 Å². The third-order valence-electron chi connectivity index (χ3n) is 2.86. The van der Waals surface area contributed by atoms with Crippen LogP contribution in [-0.4, -0.2) is 27.6 Å². The van der Waals surface area contributed by atoms with Gasteiger partial charge in [-0.3, -0.25) is 9.48 Å². The van der Waals surface area contributed by atoms with E-state index < -0.39 is 23.3 Å². The maximum absolute atomic E-state index is 12.9. The summed E-state index contributed by atoms with van der Waals surface area (Å²) in [6.07, 6.45) is -3.61. The number of carbonyl (C=O) groups is 1. The fourth-order valence-electron chi connectivity index (χ4n) is 1.94. The summed E-state index contributed by atoms with van der Waals surface area (Å²) in [6.45, 7) is 1.83. The number of aryl methyl sites for hydroxylation is 2. The Labute approximate surface area is 118 Å². The van der Waals surface area contributed by atoms with E-state index in [1.54, 1.807) is 19.1 Å². The fourth-order valence-corrected chi connectivity index (χ4v) is 1.94. The van der Waals surface area contributed by atoms with Crippen LogP contribution in [0.2, 0.25) is 0 Å². The number of hydrogen-bond acceptors (Lipinski definition) is 3. The molecule has 0 atom stereocenters. The summed E-state index contributed by atoms with van der Waals surface area (Å²) in [7, 11) is 2.75. The highest BCUT2D eigenvalue weighted by Gasteiger charge is 2.39. The van der Waals surface area contributed by atoms with Gasteiger partial charge in [0.25, 0.3) is 5.91 Å². The van der Waals surface area contributed by atoms with Gasteiger partial charge in [0.15, 0.2) is 5.69 Å². The molecule has 0 saturated carbocycles. The normalized spacial score (nSPS) is 11.7. The van der Waals surface area contributed by atoms with Crippen molar-refractivity contribution in [3.63, 3.8) is 0 Å². The Morgan fingerprint density at radius 3 is 2.62 bits per heavy atom. The van der Waals surface area contributed by atoms with Crippen LogP contribution in [0.5, 0.6) is 0 Å². The van der Waals surface area contributed by atoms with Gasteiger partial charge in [-0.1, -0.05) is 0 Å². The van der Waals surface area contributed by atoms with Crippen molar-refractivity contribution >= 4 is 5.91 Å². The van der Waals surface area contributed by atoms with Crippen LogP contribution in [0.1, 0.15) is 27.6 Å². The van der Waals surface area contributed by atoms with Crippen LogP contribution in [-0.2, 0) is 19.8 Å². The van der Waals surface area contributed by atoms with Crippen molar-refractivity contribution in [2.24, 2.45) is 7.05 Å².